The molecule has 1 heterocycles. The molecule has 0 radical (unpaired) electrons. The number of nitrogens with one attached hydrogen (secondary N) is 1. The fourth-order valence-corrected chi connectivity index (χ4v) is 3.39. The number of nitrogens with zero attached hydrogens (tertiary/aromatic N) is 1. The maximum absolute atomic E-state index is 13.0. The van der Waals surface area contributed by atoms with Crippen LogP contribution in [0.25, 0.3) is 0 Å². The fraction of sp³-hybridized carbons (Fsp3) is 0.409. The summed E-state index contributed by atoms with van der Waals surface area (Å²) in [6.07, 6.45) is 1.71. The number of amides is 1. The second kappa shape index (κ2) is 9.51. The number of carbonyl (C=O) groups is 1. The van der Waals surface area contributed by atoms with Gasteiger partial charge in [-0.15, -0.1) is 0 Å². The first-order chi connectivity index (χ1) is 13.1. The molecule has 0 atom stereocenters. The van der Waals surface area contributed by atoms with E-state index in [-0.39, 0.29) is 17.6 Å². The van der Waals surface area contributed by atoms with Crippen LogP contribution in [0.4, 0.5) is 4.39 Å². The van der Waals surface area contributed by atoms with Gasteiger partial charge >= 0.3 is 0 Å². The summed E-state index contributed by atoms with van der Waals surface area (Å²) in [5.41, 5.74) is 2.26. The number of halogens is 1. The first kappa shape index (κ1) is 19.4. The minimum Gasteiger partial charge on any atom is -0.492 e. The summed E-state index contributed by atoms with van der Waals surface area (Å²) in [4.78, 5) is 14.7. The van der Waals surface area contributed by atoms with Crippen molar-refractivity contribution in [2.24, 2.45) is 5.92 Å². The first-order valence-electron chi connectivity index (χ1n) is 9.54. The molecule has 5 heteroatoms. The highest BCUT2D eigenvalue weighted by Gasteiger charge is 2.24. The topological polar surface area (TPSA) is 41.6 Å². The van der Waals surface area contributed by atoms with E-state index in [4.69, 9.17) is 4.74 Å². The van der Waals surface area contributed by atoms with E-state index in [1.54, 1.807) is 0 Å². The summed E-state index contributed by atoms with van der Waals surface area (Å²) in [7, 11) is 0. The van der Waals surface area contributed by atoms with Crippen molar-refractivity contribution in [2.75, 3.05) is 26.2 Å². The second-order valence-electron chi connectivity index (χ2n) is 7.13. The van der Waals surface area contributed by atoms with Crippen LogP contribution in [-0.4, -0.2) is 37.0 Å². The molecule has 4 nitrogen and oxygen atoms in total. The molecule has 2 aromatic rings. The van der Waals surface area contributed by atoms with E-state index in [1.165, 1.54) is 12.1 Å². The Labute approximate surface area is 160 Å². The molecule has 0 spiro atoms. The number of likely N-dealkylation sites (tertiary alicyclic amines) is 1. The predicted molar refractivity (Wildman–Crippen MR) is 104 cm³/mol. The van der Waals surface area contributed by atoms with Crippen LogP contribution >= 0.6 is 0 Å². The molecular formula is C22H27FN2O2. The van der Waals surface area contributed by atoms with Crippen molar-refractivity contribution >= 4 is 5.91 Å². The van der Waals surface area contributed by atoms with E-state index >= 15 is 0 Å². The Kier molecular flexibility index (Phi) is 6.82. The van der Waals surface area contributed by atoms with Crippen LogP contribution in [0.15, 0.2) is 48.5 Å². The number of hydrogen-bond donors (Lipinski definition) is 1. The number of hydrogen-bond acceptors (Lipinski definition) is 3. The standard InChI is InChI=1S/C22H27FN2O2/c1-17-3-2-4-21(15-17)27-14-11-24-22(26)19-9-12-25(13-10-19)16-18-5-7-20(23)8-6-18/h2-8,15,19H,9-14,16H2,1H3,(H,24,26). The van der Waals surface area contributed by atoms with Gasteiger partial charge < -0.3 is 10.1 Å². The fourth-order valence-electron chi connectivity index (χ4n) is 3.39. The Bertz CT molecular complexity index is 740. The molecule has 2 aromatic carbocycles. The monoisotopic (exact) mass is 370 g/mol. The average molecular weight is 370 g/mol. The van der Waals surface area contributed by atoms with Gasteiger partial charge in [0.05, 0.1) is 6.54 Å². The summed E-state index contributed by atoms with van der Waals surface area (Å²) in [5.74, 6) is 0.802. The van der Waals surface area contributed by atoms with Gasteiger partial charge in [-0.3, -0.25) is 9.69 Å². The van der Waals surface area contributed by atoms with Crippen LogP contribution < -0.4 is 10.1 Å². The van der Waals surface area contributed by atoms with Gasteiger partial charge in [0.25, 0.3) is 0 Å². The van der Waals surface area contributed by atoms with Crippen molar-refractivity contribution in [1.82, 2.24) is 10.2 Å². The molecule has 0 aromatic heterocycles. The largest absolute Gasteiger partial charge is 0.492 e. The number of rotatable bonds is 7. The molecule has 0 bridgehead atoms. The molecule has 144 valence electrons. The Morgan fingerprint density at radius 3 is 2.63 bits per heavy atom. The van der Waals surface area contributed by atoms with Crippen molar-refractivity contribution in [3.8, 4) is 5.75 Å². The molecule has 1 amide bonds. The van der Waals surface area contributed by atoms with Crippen LogP contribution in [0.2, 0.25) is 0 Å². The molecule has 0 aliphatic carbocycles. The normalized spacial score (nSPS) is 15.5. The van der Waals surface area contributed by atoms with Gasteiger partial charge in [0.1, 0.15) is 18.2 Å². The van der Waals surface area contributed by atoms with Crippen LogP contribution in [0.1, 0.15) is 24.0 Å². The van der Waals surface area contributed by atoms with Crippen LogP contribution in [0.5, 0.6) is 5.75 Å². The molecule has 1 saturated heterocycles. The summed E-state index contributed by atoms with van der Waals surface area (Å²) in [6.45, 7) is 5.59. The van der Waals surface area contributed by atoms with E-state index in [9.17, 15) is 9.18 Å². The molecule has 3 rings (SSSR count). The van der Waals surface area contributed by atoms with Gasteiger partial charge in [0.2, 0.25) is 5.91 Å². The maximum atomic E-state index is 13.0. The van der Waals surface area contributed by atoms with Gasteiger partial charge in [-0.25, -0.2) is 4.39 Å². The number of benzene rings is 2. The number of aryl methyl sites for hydroxylation is 1. The minimum atomic E-state index is -0.208. The average Bonchev–Trinajstić information content (AvgIpc) is 2.67. The highest BCUT2D eigenvalue weighted by atomic mass is 19.1. The SMILES string of the molecule is Cc1cccc(OCCNC(=O)C2CCN(Cc3ccc(F)cc3)CC2)c1. The summed E-state index contributed by atoms with van der Waals surface area (Å²) in [5, 5.41) is 2.98. The number of ether oxygens (including phenoxy) is 1. The molecule has 1 N–H and O–H groups in total. The highest BCUT2D eigenvalue weighted by molar-refractivity contribution is 5.78. The maximum Gasteiger partial charge on any atom is 0.223 e. The van der Waals surface area contributed by atoms with Crippen LogP contribution in [0, 0.1) is 18.7 Å². The first-order valence-corrected chi connectivity index (χ1v) is 9.54. The molecule has 1 aliphatic rings. The molecular weight excluding hydrogens is 343 g/mol. The molecule has 1 aliphatic heterocycles. The van der Waals surface area contributed by atoms with Crippen LogP contribution in [0.3, 0.4) is 0 Å². The minimum absolute atomic E-state index is 0.0634. The van der Waals surface area contributed by atoms with Crippen LogP contribution in [-0.2, 0) is 11.3 Å². The van der Waals surface area contributed by atoms with E-state index in [0.29, 0.717) is 13.2 Å². The Hall–Kier alpha value is -2.40. The third-order valence-corrected chi connectivity index (χ3v) is 4.94. The molecule has 27 heavy (non-hydrogen) atoms. The number of piperidine rings is 1. The Morgan fingerprint density at radius 2 is 1.93 bits per heavy atom. The van der Waals surface area contributed by atoms with Crippen molar-refractivity contribution in [2.45, 2.75) is 26.3 Å². The van der Waals surface area contributed by atoms with Gasteiger partial charge in [-0.05, 0) is 68.2 Å². The lowest BCUT2D eigenvalue weighted by molar-refractivity contribution is -0.126. The second-order valence-corrected chi connectivity index (χ2v) is 7.13. The third kappa shape index (κ3) is 6.07. The molecule has 0 saturated carbocycles. The van der Waals surface area contributed by atoms with E-state index in [0.717, 1.165) is 49.4 Å². The summed E-state index contributed by atoms with van der Waals surface area (Å²) in [6, 6.07) is 14.5. The summed E-state index contributed by atoms with van der Waals surface area (Å²) < 4.78 is 18.6. The van der Waals surface area contributed by atoms with Gasteiger partial charge in [-0.2, -0.15) is 0 Å². The lowest BCUT2D eigenvalue weighted by atomic mass is 9.95. The third-order valence-electron chi connectivity index (χ3n) is 4.94. The van der Waals surface area contributed by atoms with Gasteiger partial charge in [0.15, 0.2) is 0 Å². The van der Waals surface area contributed by atoms with Crippen molar-refractivity contribution in [3.05, 3.63) is 65.5 Å². The zero-order chi connectivity index (χ0) is 19.1. The molecule has 1 fully saturated rings. The zero-order valence-corrected chi connectivity index (χ0v) is 15.8. The van der Waals surface area contributed by atoms with Crippen molar-refractivity contribution < 1.29 is 13.9 Å². The Morgan fingerprint density at radius 1 is 1.19 bits per heavy atom. The quantitative estimate of drug-likeness (QED) is 0.758. The molecule has 0 unspecified atom stereocenters. The Balaban J connectivity index is 1.34. The van der Waals surface area contributed by atoms with Gasteiger partial charge in [-0.1, -0.05) is 24.3 Å². The van der Waals surface area contributed by atoms with Gasteiger partial charge in [0, 0.05) is 12.5 Å². The van der Waals surface area contributed by atoms with Crippen molar-refractivity contribution in [1.29, 1.82) is 0 Å². The summed E-state index contributed by atoms with van der Waals surface area (Å²) >= 11 is 0. The van der Waals surface area contributed by atoms with E-state index < -0.39 is 0 Å². The van der Waals surface area contributed by atoms with E-state index in [1.807, 2.05) is 43.3 Å². The van der Waals surface area contributed by atoms with Crippen molar-refractivity contribution in [3.63, 3.8) is 0 Å². The highest BCUT2D eigenvalue weighted by Crippen LogP contribution is 2.19. The smallest absolute Gasteiger partial charge is 0.223 e. The predicted octanol–water partition coefficient (Wildman–Crippen LogP) is 3.54. The zero-order valence-electron chi connectivity index (χ0n) is 15.8. The number of carbonyl (C=O) groups excluding carboxylic acids is 1. The lowest BCUT2D eigenvalue weighted by Crippen LogP contribution is -2.41. The van der Waals surface area contributed by atoms with E-state index in [2.05, 4.69) is 10.2 Å². The lowest BCUT2D eigenvalue weighted by Gasteiger charge is -2.31.